The van der Waals surface area contributed by atoms with Gasteiger partial charge in [0.25, 0.3) is 0 Å². The Hall–Kier alpha value is -0.670. The molecule has 1 aliphatic rings. The normalized spacial score (nSPS) is 18.8. The summed E-state index contributed by atoms with van der Waals surface area (Å²) in [5, 5.41) is -0.511. The first-order valence-electron chi connectivity index (χ1n) is 6.87. The molecular formula is C15H20ClF2N. The van der Waals surface area contributed by atoms with Crippen molar-refractivity contribution < 1.29 is 8.78 Å². The molecular weight excluding hydrogens is 268 g/mol. The molecule has 0 heterocycles. The monoisotopic (exact) mass is 287 g/mol. The van der Waals surface area contributed by atoms with Crippen LogP contribution in [0, 0.1) is 11.6 Å². The summed E-state index contributed by atoms with van der Waals surface area (Å²) in [5.74, 6) is -0.874. The average Bonchev–Trinajstić information content (AvgIpc) is 2.42. The van der Waals surface area contributed by atoms with E-state index in [1.165, 1.54) is 38.2 Å². The number of benzene rings is 1. The first-order chi connectivity index (χ1) is 9.08. The van der Waals surface area contributed by atoms with E-state index in [0.717, 1.165) is 12.1 Å². The molecule has 1 fully saturated rings. The van der Waals surface area contributed by atoms with Gasteiger partial charge in [-0.05, 0) is 38.1 Å². The van der Waals surface area contributed by atoms with Crippen molar-refractivity contribution >= 4 is 11.6 Å². The summed E-state index contributed by atoms with van der Waals surface area (Å²) in [5.41, 5.74) is 0.254. The van der Waals surface area contributed by atoms with Crippen molar-refractivity contribution in [2.24, 2.45) is 0 Å². The molecule has 1 aromatic carbocycles. The quantitative estimate of drug-likeness (QED) is 0.737. The van der Waals surface area contributed by atoms with Gasteiger partial charge in [-0.2, -0.15) is 0 Å². The Morgan fingerprint density at radius 3 is 2.63 bits per heavy atom. The molecule has 1 aliphatic carbocycles. The SMILES string of the molecule is CN(CC(Cl)c1cc(F)ccc1F)C1CCCCC1. The van der Waals surface area contributed by atoms with Crippen molar-refractivity contribution in [1.82, 2.24) is 4.90 Å². The van der Waals surface area contributed by atoms with Gasteiger partial charge in [0.2, 0.25) is 0 Å². The van der Waals surface area contributed by atoms with Crippen LogP contribution < -0.4 is 0 Å². The van der Waals surface area contributed by atoms with Gasteiger partial charge in [-0.15, -0.1) is 11.6 Å². The zero-order chi connectivity index (χ0) is 13.8. The molecule has 0 aliphatic heterocycles. The van der Waals surface area contributed by atoms with Crippen LogP contribution in [0.4, 0.5) is 8.78 Å². The Morgan fingerprint density at radius 1 is 1.26 bits per heavy atom. The minimum absolute atomic E-state index is 0.254. The van der Waals surface area contributed by atoms with Gasteiger partial charge in [0.05, 0.1) is 5.38 Å². The van der Waals surface area contributed by atoms with E-state index in [-0.39, 0.29) is 5.56 Å². The molecule has 1 aromatic rings. The highest BCUT2D eigenvalue weighted by atomic mass is 35.5. The second-order valence-electron chi connectivity index (χ2n) is 5.36. The van der Waals surface area contributed by atoms with Crippen LogP contribution >= 0.6 is 11.6 Å². The third kappa shape index (κ3) is 3.90. The van der Waals surface area contributed by atoms with Crippen molar-refractivity contribution in [3.63, 3.8) is 0 Å². The topological polar surface area (TPSA) is 3.24 Å². The van der Waals surface area contributed by atoms with Crippen molar-refractivity contribution in [3.05, 3.63) is 35.4 Å². The Kier molecular flexibility index (Phi) is 5.17. The van der Waals surface area contributed by atoms with Gasteiger partial charge >= 0.3 is 0 Å². The molecule has 1 atom stereocenters. The molecule has 0 saturated heterocycles. The highest BCUT2D eigenvalue weighted by Crippen LogP contribution is 2.28. The highest BCUT2D eigenvalue weighted by Gasteiger charge is 2.22. The van der Waals surface area contributed by atoms with Gasteiger partial charge in [0, 0.05) is 18.2 Å². The number of halogens is 3. The standard InChI is InChI=1S/C15H20ClF2N/c1-19(12-5-3-2-4-6-12)10-14(16)13-9-11(17)7-8-15(13)18/h7-9,12,14H,2-6,10H2,1H3. The predicted octanol–water partition coefficient (Wildman–Crippen LogP) is 4.51. The molecule has 4 heteroatoms. The predicted molar refractivity (Wildman–Crippen MR) is 74.5 cm³/mol. The molecule has 0 radical (unpaired) electrons. The summed E-state index contributed by atoms with van der Waals surface area (Å²) in [4.78, 5) is 2.18. The molecule has 106 valence electrons. The van der Waals surface area contributed by atoms with Crippen LogP contribution in [0.25, 0.3) is 0 Å². The van der Waals surface area contributed by atoms with Crippen molar-refractivity contribution in [1.29, 1.82) is 0 Å². The first kappa shape index (κ1) is 14.7. The average molecular weight is 288 g/mol. The van der Waals surface area contributed by atoms with Crippen molar-refractivity contribution in [3.8, 4) is 0 Å². The molecule has 0 bridgehead atoms. The molecule has 1 unspecified atom stereocenters. The second kappa shape index (κ2) is 6.67. The smallest absolute Gasteiger partial charge is 0.128 e. The van der Waals surface area contributed by atoms with Gasteiger partial charge < -0.3 is 4.90 Å². The van der Waals surface area contributed by atoms with Crippen LogP contribution in [0.3, 0.4) is 0 Å². The minimum Gasteiger partial charge on any atom is -0.302 e. The third-order valence-electron chi connectivity index (χ3n) is 3.94. The molecule has 0 N–H and O–H groups in total. The molecule has 19 heavy (non-hydrogen) atoms. The van der Waals surface area contributed by atoms with Gasteiger partial charge in [-0.25, -0.2) is 8.78 Å². The molecule has 2 rings (SSSR count). The van der Waals surface area contributed by atoms with Gasteiger partial charge in [0.1, 0.15) is 11.6 Å². The summed E-state index contributed by atoms with van der Waals surface area (Å²) in [7, 11) is 2.02. The zero-order valence-corrected chi connectivity index (χ0v) is 12.0. The van der Waals surface area contributed by atoms with Crippen LogP contribution in [0.1, 0.15) is 43.0 Å². The zero-order valence-electron chi connectivity index (χ0n) is 11.2. The fourth-order valence-corrected chi connectivity index (χ4v) is 3.16. The number of hydrogen-bond donors (Lipinski definition) is 0. The fraction of sp³-hybridized carbons (Fsp3) is 0.600. The Morgan fingerprint density at radius 2 is 1.95 bits per heavy atom. The van der Waals surface area contributed by atoms with Gasteiger partial charge in [-0.3, -0.25) is 0 Å². The summed E-state index contributed by atoms with van der Waals surface area (Å²) < 4.78 is 26.8. The van der Waals surface area contributed by atoms with Gasteiger partial charge in [-0.1, -0.05) is 19.3 Å². The lowest BCUT2D eigenvalue weighted by Gasteiger charge is -2.32. The van der Waals surface area contributed by atoms with Crippen LogP contribution in [-0.2, 0) is 0 Å². The van der Waals surface area contributed by atoms with Crippen molar-refractivity contribution in [2.45, 2.75) is 43.5 Å². The minimum atomic E-state index is -0.511. The number of alkyl halides is 1. The maximum atomic E-state index is 13.6. The van der Waals surface area contributed by atoms with E-state index in [9.17, 15) is 8.78 Å². The van der Waals surface area contributed by atoms with E-state index in [2.05, 4.69) is 4.90 Å². The third-order valence-corrected chi connectivity index (χ3v) is 4.31. The molecule has 0 spiro atoms. The highest BCUT2D eigenvalue weighted by molar-refractivity contribution is 6.21. The van der Waals surface area contributed by atoms with Crippen LogP contribution in [0.2, 0.25) is 0 Å². The maximum Gasteiger partial charge on any atom is 0.128 e. The maximum absolute atomic E-state index is 13.6. The lowest BCUT2D eigenvalue weighted by atomic mass is 9.94. The number of nitrogens with zero attached hydrogens (tertiary/aromatic N) is 1. The Balaban J connectivity index is 1.99. The van der Waals surface area contributed by atoms with Crippen LogP contribution in [0.15, 0.2) is 18.2 Å². The van der Waals surface area contributed by atoms with E-state index in [1.54, 1.807) is 0 Å². The van der Waals surface area contributed by atoms with Crippen LogP contribution in [-0.4, -0.2) is 24.5 Å². The Labute approximate surface area is 118 Å². The van der Waals surface area contributed by atoms with Crippen molar-refractivity contribution in [2.75, 3.05) is 13.6 Å². The summed E-state index contributed by atoms with van der Waals surface area (Å²) in [6, 6.07) is 3.97. The summed E-state index contributed by atoms with van der Waals surface area (Å²) in [6.45, 7) is 0.548. The molecule has 0 amide bonds. The van der Waals surface area contributed by atoms with Gasteiger partial charge in [0.15, 0.2) is 0 Å². The van der Waals surface area contributed by atoms with E-state index in [0.29, 0.717) is 12.6 Å². The van der Waals surface area contributed by atoms with E-state index < -0.39 is 17.0 Å². The number of hydrogen-bond acceptors (Lipinski definition) is 1. The lowest BCUT2D eigenvalue weighted by molar-refractivity contribution is 0.191. The van der Waals surface area contributed by atoms with E-state index in [1.807, 2.05) is 7.05 Å². The molecule has 1 saturated carbocycles. The molecule has 0 aromatic heterocycles. The van der Waals surface area contributed by atoms with E-state index >= 15 is 0 Å². The second-order valence-corrected chi connectivity index (χ2v) is 5.89. The molecule has 1 nitrogen and oxygen atoms in total. The van der Waals surface area contributed by atoms with Crippen LogP contribution in [0.5, 0.6) is 0 Å². The number of likely N-dealkylation sites (N-methyl/N-ethyl adjacent to an activating group) is 1. The largest absolute Gasteiger partial charge is 0.302 e. The first-order valence-corrected chi connectivity index (χ1v) is 7.31. The van der Waals surface area contributed by atoms with E-state index in [4.69, 9.17) is 11.6 Å². The number of rotatable bonds is 4. The lowest BCUT2D eigenvalue weighted by Crippen LogP contribution is -2.35. The summed E-state index contributed by atoms with van der Waals surface area (Å²) in [6.07, 6.45) is 6.14. The Bertz CT molecular complexity index is 419. The fourth-order valence-electron chi connectivity index (χ4n) is 2.78. The summed E-state index contributed by atoms with van der Waals surface area (Å²) >= 11 is 6.25.